The monoisotopic (exact) mass is 437 g/mol. The molecule has 0 bridgehead atoms. The third-order valence-electron chi connectivity index (χ3n) is 8.82. The van der Waals surface area contributed by atoms with E-state index in [2.05, 4.69) is 39.8 Å². The molecule has 2 saturated heterocycles. The molecule has 174 valence electrons. The van der Waals surface area contributed by atoms with Gasteiger partial charge in [-0.05, 0) is 93.5 Å². The maximum Gasteiger partial charge on any atom is 0.249 e. The minimum absolute atomic E-state index is 0.170. The van der Waals surface area contributed by atoms with Crippen molar-refractivity contribution in [2.75, 3.05) is 18.4 Å². The van der Waals surface area contributed by atoms with Crippen molar-refractivity contribution in [2.45, 2.75) is 95.1 Å². The lowest BCUT2D eigenvalue weighted by Crippen LogP contribution is -2.47. The zero-order chi connectivity index (χ0) is 21.9. The Morgan fingerprint density at radius 2 is 1.44 bits per heavy atom. The number of likely N-dealkylation sites (tertiary alicyclic amines) is 1. The van der Waals surface area contributed by atoms with E-state index in [-0.39, 0.29) is 17.9 Å². The van der Waals surface area contributed by atoms with Crippen molar-refractivity contribution in [3.8, 4) is 0 Å². The largest absolute Gasteiger partial charge is 0.374 e. The standard InChI is InChI=1S/C27H39N3O2/c31-26-14-13-25(27(32)29-26)28-23-9-5-20(6-10-23)22-15-17-30(18-16-22)24-11-7-21(8-12-24)19-3-1-2-4-19/h5-6,9-10,19,21-22,24-25,28H,1-4,7-8,11-18H2,(H,29,31,32). The Kier molecular flexibility index (Phi) is 6.82. The molecule has 2 heterocycles. The van der Waals surface area contributed by atoms with Crippen LogP contribution in [0.25, 0.3) is 0 Å². The van der Waals surface area contributed by atoms with Crippen molar-refractivity contribution in [3.05, 3.63) is 29.8 Å². The highest BCUT2D eigenvalue weighted by Crippen LogP contribution is 2.41. The highest BCUT2D eigenvalue weighted by atomic mass is 16.2. The van der Waals surface area contributed by atoms with Crippen LogP contribution in [0.1, 0.15) is 88.5 Å². The second-order valence-electron chi connectivity index (χ2n) is 10.7. The van der Waals surface area contributed by atoms with E-state index in [9.17, 15) is 9.59 Å². The summed E-state index contributed by atoms with van der Waals surface area (Å²) in [6, 6.07) is 9.15. The summed E-state index contributed by atoms with van der Waals surface area (Å²) >= 11 is 0. The molecule has 4 aliphatic rings. The molecular weight excluding hydrogens is 398 g/mol. The van der Waals surface area contributed by atoms with Crippen molar-refractivity contribution < 1.29 is 9.59 Å². The van der Waals surface area contributed by atoms with Crippen molar-refractivity contribution in [3.63, 3.8) is 0 Å². The Bertz CT molecular complexity index is 786. The van der Waals surface area contributed by atoms with Crippen LogP contribution in [-0.2, 0) is 9.59 Å². The fourth-order valence-corrected chi connectivity index (χ4v) is 6.85. The number of nitrogens with zero attached hydrogens (tertiary/aromatic N) is 1. The van der Waals surface area contributed by atoms with E-state index in [0.29, 0.717) is 18.8 Å². The molecule has 0 radical (unpaired) electrons. The Hall–Kier alpha value is -1.88. The molecule has 2 saturated carbocycles. The number of hydrogen-bond donors (Lipinski definition) is 2. The molecule has 4 fully saturated rings. The second-order valence-corrected chi connectivity index (χ2v) is 10.7. The van der Waals surface area contributed by atoms with Crippen molar-refractivity contribution in [1.82, 2.24) is 10.2 Å². The zero-order valence-corrected chi connectivity index (χ0v) is 19.4. The van der Waals surface area contributed by atoms with Gasteiger partial charge in [0.2, 0.25) is 11.8 Å². The summed E-state index contributed by atoms with van der Waals surface area (Å²) in [6.07, 6.45) is 15.2. The van der Waals surface area contributed by atoms with Gasteiger partial charge in [-0.15, -0.1) is 0 Å². The van der Waals surface area contributed by atoms with Gasteiger partial charge in [0.1, 0.15) is 6.04 Å². The van der Waals surface area contributed by atoms with Crippen LogP contribution in [0.2, 0.25) is 0 Å². The summed E-state index contributed by atoms with van der Waals surface area (Å²) in [5.74, 6) is 2.34. The first-order valence-corrected chi connectivity index (χ1v) is 13.1. The fraction of sp³-hybridized carbons (Fsp3) is 0.704. The normalized spacial score (nSPS) is 30.9. The molecule has 5 heteroatoms. The molecule has 1 aromatic carbocycles. The van der Waals surface area contributed by atoms with Gasteiger partial charge in [0.25, 0.3) is 0 Å². The molecule has 1 atom stereocenters. The van der Waals surface area contributed by atoms with Gasteiger partial charge < -0.3 is 10.2 Å². The van der Waals surface area contributed by atoms with E-state index in [1.54, 1.807) is 0 Å². The van der Waals surface area contributed by atoms with Crippen LogP contribution >= 0.6 is 0 Å². The molecule has 5 rings (SSSR count). The van der Waals surface area contributed by atoms with Gasteiger partial charge in [0.15, 0.2) is 0 Å². The van der Waals surface area contributed by atoms with Gasteiger partial charge in [-0.25, -0.2) is 0 Å². The third kappa shape index (κ3) is 5.03. The van der Waals surface area contributed by atoms with E-state index >= 15 is 0 Å². The minimum atomic E-state index is -0.314. The lowest BCUT2D eigenvalue weighted by molar-refractivity contribution is -0.133. The number of hydrogen-bond acceptors (Lipinski definition) is 4. The first-order chi connectivity index (χ1) is 15.7. The summed E-state index contributed by atoms with van der Waals surface area (Å²) in [7, 11) is 0. The molecule has 0 spiro atoms. The van der Waals surface area contributed by atoms with Crippen LogP contribution in [-0.4, -0.2) is 41.9 Å². The number of amides is 2. The molecular formula is C27H39N3O2. The van der Waals surface area contributed by atoms with Gasteiger partial charge in [-0.2, -0.15) is 0 Å². The molecule has 5 nitrogen and oxygen atoms in total. The van der Waals surface area contributed by atoms with E-state index in [1.807, 2.05) is 0 Å². The summed E-state index contributed by atoms with van der Waals surface area (Å²) in [5, 5.41) is 5.70. The van der Waals surface area contributed by atoms with Crippen molar-refractivity contribution >= 4 is 17.5 Å². The van der Waals surface area contributed by atoms with E-state index in [4.69, 9.17) is 0 Å². The molecule has 2 aliphatic carbocycles. The maximum atomic E-state index is 12.0. The number of rotatable bonds is 5. The molecule has 0 aromatic heterocycles. The lowest BCUT2D eigenvalue weighted by Gasteiger charge is -2.42. The smallest absolute Gasteiger partial charge is 0.249 e. The highest BCUT2D eigenvalue weighted by molar-refractivity contribution is 6.01. The zero-order valence-electron chi connectivity index (χ0n) is 19.4. The summed E-state index contributed by atoms with van der Waals surface area (Å²) in [4.78, 5) is 26.1. The Labute approximate surface area is 192 Å². The first kappa shape index (κ1) is 21.9. The minimum Gasteiger partial charge on any atom is -0.374 e. The lowest BCUT2D eigenvalue weighted by atomic mass is 9.76. The van der Waals surface area contributed by atoms with Crippen LogP contribution < -0.4 is 10.6 Å². The quantitative estimate of drug-likeness (QED) is 0.648. The van der Waals surface area contributed by atoms with Gasteiger partial charge in [0.05, 0.1) is 0 Å². The van der Waals surface area contributed by atoms with Gasteiger partial charge in [-0.1, -0.05) is 37.8 Å². The molecule has 32 heavy (non-hydrogen) atoms. The number of benzene rings is 1. The number of imide groups is 1. The van der Waals surface area contributed by atoms with Crippen molar-refractivity contribution in [1.29, 1.82) is 0 Å². The summed E-state index contributed by atoms with van der Waals surface area (Å²) in [5.41, 5.74) is 2.38. The Morgan fingerprint density at radius 3 is 2.09 bits per heavy atom. The van der Waals surface area contributed by atoms with Crippen LogP contribution in [0.5, 0.6) is 0 Å². The number of nitrogens with one attached hydrogen (secondary N) is 2. The van der Waals surface area contributed by atoms with Crippen LogP contribution in [0.15, 0.2) is 24.3 Å². The van der Waals surface area contributed by atoms with E-state index < -0.39 is 0 Å². The maximum absolute atomic E-state index is 12.0. The molecule has 1 aromatic rings. The molecule has 2 amide bonds. The third-order valence-corrected chi connectivity index (χ3v) is 8.82. The fourth-order valence-electron chi connectivity index (χ4n) is 6.85. The molecule has 2 N–H and O–H groups in total. The van der Waals surface area contributed by atoms with E-state index in [0.717, 1.165) is 23.6 Å². The van der Waals surface area contributed by atoms with Gasteiger partial charge >= 0.3 is 0 Å². The van der Waals surface area contributed by atoms with Gasteiger partial charge in [0, 0.05) is 18.2 Å². The van der Waals surface area contributed by atoms with Crippen LogP contribution in [0.3, 0.4) is 0 Å². The number of carbonyl (C=O) groups is 2. The van der Waals surface area contributed by atoms with Crippen LogP contribution in [0, 0.1) is 11.8 Å². The summed E-state index contributed by atoms with van der Waals surface area (Å²) in [6.45, 7) is 2.47. The first-order valence-electron chi connectivity index (χ1n) is 13.1. The number of piperidine rings is 2. The molecule has 1 unspecified atom stereocenters. The predicted octanol–water partition coefficient (Wildman–Crippen LogP) is 4.83. The van der Waals surface area contributed by atoms with Crippen molar-refractivity contribution in [2.24, 2.45) is 11.8 Å². The number of anilines is 1. The average molecular weight is 438 g/mol. The Balaban J connectivity index is 1.08. The average Bonchev–Trinajstić information content (AvgIpc) is 3.37. The number of carbonyl (C=O) groups excluding carboxylic acids is 2. The highest BCUT2D eigenvalue weighted by Gasteiger charge is 2.33. The van der Waals surface area contributed by atoms with Gasteiger partial charge in [-0.3, -0.25) is 14.9 Å². The van der Waals surface area contributed by atoms with Crippen LogP contribution in [0.4, 0.5) is 5.69 Å². The predicted molar refractivity (Wildman–Crippen MR) is 127 cm³/mol. The second kappa shape index (κ2) is 9.94. The Morgan fingerprint density at radius 1 is 0.781 bits per heavy atom. The molecule has 2 aliphatic heterocycles. The summed E-state index contributed by atoms with van der Waals surface area (Å²) < 4.78 is 0. The topological polar surface area (TPSA) is 61.4 Å². The SMILES string of the molecule is O=C1CCC(Nc2ccc(C3CCN(C4CCC(C5CCCC5)CC4)CC3)cc2)C(=O)N1. The van der Waals surface area contributed by atoms with E-state index in [1.165, 1.54) is 82.9 Å².